The number of anilines is 2. The molecule has 3 rings (SSSR count). The molecule has 3 heterocycles. The third kappa shape index (κ3) is 3.78. The molecule has 1 amide bonds. The van der Waals surface area contributed by atoms with Crippen molar-refractivity contribution in [1.29, 1.82) is 0 Å². The second-order valence-corrected chi connectivity index (χ2v) is 5.43. The number of carbonyl (C=O) groups is 1. The minimum atomic E-state index is -0.0171. The van der Waals surface area contributed by atoms with Gasteiger partial charge in [0.05, 0.1) is 24.6 Å². The Labute approximate surface area is 134 Å². The summed E-state index contributed by atoms with van der Waals surface area (Å²) in [7, 11) is 0. The number of hydrogen-bond acceptors (Lipinski definition) is 7. The molecule has 0 aromatic carbocycles. The Kier molecular flexibility index (Phi) is 4.72. The highest BCUT2D eigenvalue weighted by molar-refractivity contribution is 5.78. The van der Waals surface area contributed by atoms with Crippen LogP contribution in [0.15, 0.2) is 31.0 Å². The smallest absolute Gasteiger partial charge is 0.236 e. The van der Waals surface area contributed by atoms with Gasteiger partial charge in [0.1, 0.15) is 11.6 Å². The summed E-state index contributed by atoms with van der Waals surface area (Å²) in [5.41, 5.74) is 6.32. The van der Waals surface area contributed by atoms with Crippen LogP contribution in [0.4, 0.5) is 11.6 Å². The van der Waals surface area contributed by atoms with E-state index in [0.29, 0.717) is 18.2 Å². The van der Waals surface area contributed by atoms with Crippen molar-refractivity contribution in [2.45, 2.75) is 18.8 Å². The Balaban J connectivity index is 1.73. The Hall–Kier alpha value is -2.61. The van der Waals surface area contributed by atoms with Crippen LogP contribution < -0.4 is 11.1 Å². The first kappa shape index (κ1) is 15.3. The van der Waals surface area contributed by atoms with Gasteiger partial charge in [0.15, 0.2) is 0 Å². The third-order valence-corrected chi connectivity index (χ3v) is 3.84. The molecule has 1 atom stereocenters. The number of piperidine rings is 1. The predicted molar refractivity (Wildman–Crippen MR) is 85.0 cm³/mol. The zero-order chi connectivity index (χ0) is 16.1. The Morgan fingerprint density at radius 1 is 1.26 bits per heavy atom. The normalized spacial score (nSPS) is 17.8. The van der Waals surface area contributed by atoms with Crippen LogP contribution in [0.25, 0.3) is 0 Å². The number of aromatic nitrogens is 4. The minimum Gasteiger partial charge on any atom is -0.341 e. The minimum absolute atomic E-state index is 0.0171. The summed E-state index contributed by atoms with van der Waals surface area (Å²) >= 11 is 0. The number of rotatable bonds is 4. The second-order valence-electron chi connectivity index (χ2n) is 5.43. The van der Waals surface area contributed by atoms with E-state index in [2.05, 4.69) is 25.3 Å². The van der Waals surface area contributed by atoms with Crippen LogP contribution in [0.5, 0.6) is 0 Å². The molecule has 0 saturated carbocycles. The highest BCUT2D eigenvalue weighted by Crippen LogP contribution is 2.26. The summed E-state index contributed by atoms with van der Waals surface area (Å²) in [5.74, 6) is 1.39. The number of amides is 1. The molecule has 1 aliphatic heterocycles. The number of nitrogens with one attached hydrogen (secondary N) is 1. The van der Waals surface area contributed by atoms with Crippen LogP contribution in [0.3, 0.4) is 0 Å². The van der Waals surface area contributed by atoms with Crippen LogP contribution in [-0.4, -0.2) is 50.4 Å². The van der Waals surface area contributed by atoms with Gasteiger partial charge in [-0.2, -0.15) is 0 Å². The molecule has 1 fully saturated rings. The van der Waals surface area contributed by atoms with Crippen LogP contribution in [0.2, 0.25) is 0 Å². The van der Waals surface area contributed by atoms with E-state index in [1.807, 2.05) is 0 Å². The third-order valence-electron chi connectivity index (χ3n) is 3.84. The van der Waals surface area contributed by atoms with Crippen molar-refractivity contribution in [2.75, 3.05) is 25.0 Å². The van der Waals surface area contributed by atoms with Gasteiger partial charge in [-0.25, -0.2) is 9.97 Å². The number of nitrogens with zero attached hydrogens (tertiary/aromatic N) is 5. The summed E-state index contributed by atoms with van der Waals surface area (Å²) in [4.78, 5) is 30.6. The monoisotopic (exact) mass is 313 g/mol. The van der Waals surface area contributed by atoms with E-state index in [1.54, 1.807) is 35.9 Å². The van der Waals surface area contributed by atoms with Gasteiger partial charge in [0.25, 0.3) is 0 Å². The van der Waals surface area contributed by atoms with Gasteiger partial charge in [-0.1, -0.05) is 0 Å². The lowest BCUT2D eigenvalue weighted by Crippen LogP contribution is -2.42. The molecule has 0 unspecified atom stereocenters. The first-order chi connectivity index (χ1) is 11.3. The van der Waals surface area contributed by atoms with Gasteiger partial charge in [-0.05, 0) is 12.8 Å². The van der Waals surface area contributed by atoms with Gasteiger partial charge in [0, 0.05) is 37.6 Å². The summed E-state index contributed by atoms with van der Waals surface area (Å²) in [5, 5.41) is 3.08. The highest BCUT2D eigenvalue weighted by Gasteiger charge is 2.25. The molecular formula is C15H19N7O. The Morgan fingerprint density at radius 3 is 2.91 bits per heavy atom. The van der Waals surface area contributed by atoms with Crippen LogP contribution in [0.1, 0.15) is 24.5 Å². The van der Waals surface area contributed by atoms with Crippen LogP contribution in [-0.2, 0) is 4.79 Å². The largest absolute Gasteiger partial charge is 0.341 e. The molecule has 8 heteroatoms. The summed E-state index contributed by atoms with van der Waals surface area (Å²) in [6.07, 6.45) is 10.2. The van der Waals surface area contributed by atoms with E-state index in [4.69, 9.17) is 5.73 Å². The zero-order valence-corrected chi connectivity index (χ0v) is 12.7. The quantitative estimate of drug-likeness (QED) is 0.853. The van der Waals surface area contributed by atoms with Gasteiger partial charge in [0.2, 0.25) is 5.91 Å². The maximum atomic E-state index is 11.8. The molecule has 0 bridgehead atoms. The molecule has 0 radical (unpaired) electrons. The molecule has 3 N–H and O–H groups in total. The first-order valence-corrected chi connectivity index (χ1v) is 7.59. The Bertz CT molecular complexity index is 664. The van der Waals surface area contributed by atoms with Crippen molar-refractivity contribution in [3.05, 3.63) is 36.7 Å². The van der Waals surface area contributed by atoms with Gasteiger partial charge in [-0.3, -0.25) is 14.8 Å². The molecule has 2 aromatic rings. The van der Waals surface area contributed by atoms with E-state index < -0.39 is 0 Å². The molecule has 0 spiro atoms. The molecule has 23 heavy (non-hydrogen) atoms. The van der Waals surface area contributed by atoms with Crippen LogP contribution in [0, 0.1) is 0 Å². The summed E-state index contributed by atoms with van der Waals surface area (Å²) < 4.78 is 0. The Morgan fingerprint density at radius 2 is 2.13 bits per heavy atom. The van der Waals surface area contributed by atoms with Crippen molar-refractivity contribution in [3.63, 3.8) is 0 Å². The number of hydrogen-bond donors (Lipinski definition) is 2. The lowest BCUT2D eigenvalue weighted by atomic mass is 9.95. The summed E-state index contributed by atoms with van der Waals surface area (Å²) in [6, 6.07) is 0. The van der Waals surface area contributed by atoms with Crippen molar-refractivity contribution < 1.29 is 4.79 Å². The topological polar surface area (TPSA) is 110 Å². The van der Waals surface area contributed by atoms with E-state index in [-0.39, 0.29) is 18.4 Å². The number of nitrogens with two attached hydrogens (primary N) is 1. The lowest BCUT2D eigenvalue weighted by molar-refractivity contribution is -0.130. The SMILES string of the molecule is NCC(=O)N1CCC[C@@H](c2cncc(Nc3cnccn3)n2)C1. The maximum absolute atomic E-state index is 11.8. The van der Waals surface area contributed by atoms with E-state index in [0.717, 1.165) is 25.1 Å². The average Bonchev–Trinajstić information content (AvgIpc) is 2.62. The van der Waals surface area contributed by atoms with Gasteiger partial charge < -0.3 is 16.0 Å². The fourth-order valence-electron chi connectivity index (χ4n) is 2.71. The second kappa shape index (κ2) is 7.10. The van der Waals surface area contributed by atoms with E-state index in [9.17, 15) is 4.79 Å². The number of carbonyl (C=O) groups excluding carboxylic acids is 1. The highest BCUT2D eigenvalue weighted by atomic mass is 16.2. The maximum Gasteiger partial charge on any atom is 0.236 e. The van der Waals surface area contributed by atoms with Gasteiger partial charge in [-0.15, -0.1) is 0 Å². The standard InChI is InChI=1S/C15H19N7O/c16-6-15(23)22-5-1-2-11(10-22)12-7-18-9-14(20-12)21-13-8-17-3-4-19-13/h3-4,7-9,11H,1-2,5-6,10,16H2,(H,19,20,21)/t11-/m1/s1. The predicted octanol–water partition coefficient (Wildman–Crippen LogP) is 0.675. The van der Waals surface area contributed by atoms with Crippen molar-refractivity contribution in [2.24, 2.45) is 5.73 Å². The molecule has 0 aliphatic carbocycles. The molecule has 8 nitrogen and oxygen atoms in total. The molecule has 1 saturated heterocycles. The number of likely N-dealkylation sites (tertiary alicyclic amines) is 1. The van der Waals surface area contributed by atoms with Crippen LogP contribution >= 0.6 is 0 Å². The molecule has 1 aliphatic rings. The molecular weight excluding hydrogens is 294 g/mol. The van der Waals surface area contributed by atoms with Crippen molar-refractivity contribution in [1.82, 2.24) is 24.8 Å². The first-order valence-electron chi connectivity index (χ1n) is 7.59. The fraction of sp³-hybridized carbons (Fsp3) is 0.400. The van der Waals surface area contributed by atoms with E-state index >= 15 is 0 Å². The zero-order valence-electron chi connectivity index (χ0n) is 12.7. The fourth-order valence-corrected chi connectivity index (χ4v) is 2.71. The van der Waals surface area contributed by atoms with Crippen molar-refractivity contribution in [3.8, 4) is 0 Å². The van der Waals surface area contributed by atoms with Crippen molar-refractivity contribution >= 4 is 17.5 Å². The average molecular weight is 313 g/mol. The molecule has 120 valence electrons. The van der Waals surface area contributed by atoms with E-state index in [1.165, 1.54) is 0 Å². The lowest BCUT2D eigenvalue weighted by Gasteiger charge is -2.32. The van der Waals surface area contributed by atoms with Gasteiger partial charge >= 0.3 is 0 Å². The molecule has 2 aromatic heterocycles. The summed E-state index contributed by atoms with van der Waals surface area (Å²) in [6.45, 7) is 1.45.